The molecule has 1 saturated carbocycles. The third-order valence-electron chi connectivity index (χ3n) is 4.12. The van der Waals surface area contributed by atoms with Gasteiger partial charge in [0.15, 0.2) is 0 Å². The van der Waals surface area contributed by atoms with Gasteiger partial charge in [0, 0.05) is 12.0 Å². The van der Waals surface area contributed by atoms with Crippen molar-refractivity contribution >= 4 is 5.91 Å². The lowest BCUT2D eigenvalue weighted by atomic mass is 10.1. The van der Waals surface area contributed by atoms with Crippen LogP contribution in [0, 0.1) is 5.82 Å². The third-order valence-corrected chi connectivity index (χ3v) is 4.12. The first-order chi connectivity index (χ1) is 12.6. The molecule has 0 spiro atoms. The molecule has 1 aliphatic rings. The van der Waals surface area contributed by atoms with E-state index in [-0.39, 0.29) is 12.5 Å². The summed E-state index contributed by atoms with van der Waals surface area (Å²) in [6, 6.07) is 6.05. The van der Waals surface area contributed by atoms with Gasteiger partial charge in [-0.2, -0.15) is 0 Å². The number of ether oxygens (including phenoxy) is 1. The highest BCUT2D eigenvalue weighted by atomic mass is 19.1. The van der Waals surface area contributed by atoms with Crippen LogP contribution in [-0.4, -0.2) is 21.0 Å². The van der Waals surface area contributed by atoms with Gasteiger partial charge in [0.25, 0.3) is 5.91 Å². The van der Waals surface area contributed by atoms with E-state index < -0.39 is 11.7 Å². The minimum Gasteiger partial charge on any atom is -0.473 e. The topological polar surface area (TPSA) is 104 Å². The van der Waals surface area contributed by atoms with Gasteiger partial charge in [-0.3, -0.25) is 9.78 Å². The molecule has 3 aromatic heterocycles. The van der Waals surface area contributed by atoms with E-state index in [9.17, 15) is 9.18 Å². The molecule has 0 unspecified atom stereocenters. The van der Waals surface area contributed by atoms with E-state index in [1.54, 1.807) is 12.1 Å². The smallest absolute Gasteiger partial charge is 0.250 e. The molecule has 4 rings (SSSR count). The second-order valence-electron chi connectivity index (χ2n) is 6.06. The Morgan fingerprint density at radius 3 is 2.85 bits per heavy atom. The molecule has 7 nitrogen and oxygen atoms in total. The number of carbonyl (C=O) groups is 1. The van der Waals surface area contributed by atoms with Gasteiger partial charge in [-0.1, -0.05) is 5.16 Å². The molecule has 0 aliphatic heterocycles. The first kappa shape index (κ1) is 16.2. The van der Waals surface area contributed by atoms with Gasteiger partial charge < -0.3 is 15.0 Å². The van der Waals surface area contributed by atoms with Crippen molar-refractivity contribution in [1.29, 1.82) is 0 Å². The summed E-state index contributed by atoms with van der Waals surface area (Å²) in [5.74, 6) is -0.275. The fourth-order valence-electron chi connectivity index (χ4n) is 2.65. The average molecular weight is 354 g/mol. The van der Waals surface area contributed by atoms with E-state index in [2.05, 4.69) is 15.1 Å². The fraction of sp³-hybridized carbons (Fsp3) is 0.222. The summed E-state index contributed by atoms with van der Waals surface area (Å²) in [7, 11) is 0. The molecular weight excluding hydrogens is 339 g/mol. The number of halogens is 1. The number of primary amides is 1. The van der Waals surface area contributed by atoms with Gasteiger partial charge >= 0.3 is 0 Å². The van der Waals surface area contributed by atoms with E-state index in [1.165, 1.54) is 18.4 Å². The Kier molecular flexibility index (Phi) is 4.08. The third kappa shape index (κ3) is 3.26. The van der Waals surface area contributed by atoms with Crippen LogP contribution in [0.15, 0.2) is 41.2 Å². The number of nitrogens with two attached hydrogens (primary N) is 1. The molecule has 8 heteroatoms. The lowest BCUT2D eigenvalue weighted by Gasteiger charge is -2.09. The number of rotatable bonds is 6. The van der Waals surface area contributed by atoms with Crippen molar-refractivity contribution in [2.75, 3.05) is 0 Å². The normalized spacial score (nSPS) is 13.6. The van der Waals surface area contributed by atoms with Crippen LogP contribution in [0.25, 0.3) is 11.4 Å². The van der Waals surface area contributed by atoms with Crippen LogP contribution < -0.4 is 10.5 Å². The fourth-order valence-corrected chi connectivity index (χ4v) is 2.65. The highest BCUT2D eigenvalue weighted by Crippen LogP contribution is 2.41. The highest BCUT2D eigenvalue weighted by molar-refractivity contribution is 5.94. The first-order valence-corrected chi connectivity index (χ1v) is 8.10. The molecule has 1 fully saturated rings. The Morgan fingerprint density at radius 2 is 2.15 bits per heavy atom. The lowest BCUT2D eigenvalue weighted by Crippen LogP contribution is -2.15. The first-order valence-electron chi connectivity index (χ1n) is 8.10. The van der Waals surface area contributed by atoms with Crippen LogP contribution in [0.5, 0.6) is 5.88 Å². The van der Waals surface area contributed by atoms with Crippen LogP contribution in [0.4, 0.5) is 4.39 Å². The molecule has 0 radical (unpaired) electrons. The average Bonchev–Trinajstić information content (AvgIpc) is 3.38. The largest absolute Gasteiger partial charge is 0.473 e. The molecule has 0 saturated heterocycles. The van der Waals surface area contributed by atoms with E-state index >= 15 is 0 Å². The number of nitrogens with zero attached hydrogens (tertiary/aromatic N) is 3. The van der Waals surface area contributed by atoms with Gasteiger partial charge in [0.2, 0.25) is 5.88 Å². The summed E-state index contributed by atoms with van der Waals surface area (Å²) in [6.45, 7) is 0.144. The van der Waals surface area contributed by atoms with Crippen LogP contribution in [-0.2, 0) is 6.61 Å². The summed E-state index contributed by atoms with van der Waals surface area (Å²) in [6.07, 6.45) is 4.53. The van der Waals surface area contributed by atoms with Crippen molar-refractivity contribution in [3.05, 3.63) is 59.4 Å². The zero-order valence-corrected chi connectivity index (χ0v) is 13.7. The van der Waals surface area contributed by atoms with E-state index in [1.807, 2.05) is 0 Å². The Balaban J connectivity index is 1.53. The molecule has 2 N–H and O–H groups in total. The molecule has 3 heterocycles. The summed E-state index contributed by atoms with van der Waals surface area (Å²) < 4.78 is 23.7. The van der Waals surface area contributed by atoms with E-state index in [0.29, 0.717) is 34.1 Å². The molecule has 3 aromatic rings. The molecule has 0 aromatic carbocycles. The van der Waals surface area contributed by atoms with Crippen LogP contribution in [0.1, 0.15) is 40.4 Å². The Bertz CT molecular complexity index is 951. The zero-order chi connectivity index (χ0) is 18.1. The molecule has 0 bridgehead atoms. The monoisotopic (exact) mass is 354 g/mol. The Hall–Kier alpha value is -3.29. The SMILES string of the molecule is NC(=O)c1ccc(OCc2conc2-c2ccc(F)cn2)nc1C1CC1. The minimum absolute atomic E-state index is 0.144. The van der Waals surface area contributed by atoms with Gasteiger partial charge in [0.1, 0.15) is 24.4 Å². The minimum atomic E-state index is -0.491. The Labute approximate surface area is 148 Å². The number of aromatic nitrogens is 3. The summed E-state index contributed by atoms with van der Waals surface area (Å²) in [5, 5.41) is 3.90. The molecule has 1 amide bonds. The standard InChI is InChI=1S/C18H15FN4O3/c19-12-3-5-14(21-7-12)17-11(9-26-23-17)8-25-15-6-4-13(18(20)24)16(22-15)10-1-2-10/h3-7,9-10H,1-2,8H2,(H2,20,24). The van der Waals surface area contributed by atoms with Crippen LogP contribution >= 0.6 is 0 Å². The Morgan fingerprint density at radius 1 is 1.31 bits per heavy atom. The highest BCUT2D eigenvalue weighted by Gasteiger charge is 2.29. The van der Waals surface area contributed by atoms with Crippen molar-refractivity contribution in [3.8, 4) is 17.3 Å². The van der Waals surface area contributed by atoms with Crippen LogP contribution in [0.3, 0.4) is 0 Å². The number of hydrogen-bond acceptors (Lipinski definition) is 6. The van der Waals surface area contributed by atoms with Crippen molar-refractivity contribution < 1.29 is 18.4 Å². The molecule has 0 atom stereocenters. The maximum absolute atomic E-state index is 13.0. The number of hydrogen-bond donors (Lipinski definition) is 1. The molecule has 26 heavy (non-hydrogen) atoms. The van der Waals surface area contributed by atoms with Gasteiger partial charge in [0.05, 0.1) is 28.7 Å². The van der Waals surface area contributed by atoms with E-state index in [0.717, 1.165) is 19.0 Å². The zero-order valence-electron chi connectivity index (χ0n) is 13.7. The molecule has 1 aliphatic carbocycles. The molecule has 132 valence electrons. The predicted molar refractivity (Wildman–Crippen MR) is 88.8 cm³/mol. The summed E-state index contributed by atoms with van der Waals surface area (Å²) >= 11 is 0. The van der Waals surface area contributed by atoms with E-state index in [4.69, 9.17) is 15.0 Å². The number of amides is 1. The summed E-state index contributed by atoms with van der Waals surface area (Å²) in [4.78, 5) is 19.9. The quantitative estimate of drug-likeness (QED) is 0.730. The van der Waals surface area contributed by atoms with Gasteiger partial charge in [-0.05, 0) is 31.0 Å². The van der Waals surface area contributed by atoms with Crippen molar-refractivity contribution in [1.82, 2.24) is 15.1 Å². The van der Waals surface area contributed by atoms with Crippen molar-refractivity contribution in [2.45, 2.75) is 25.4 Å². The van der Waals surface area contributed by atoms with Crippen molar-refractivity contribution in [2.24, 2.45) is 5.73 Å². The van der Waals surface area contributed by atoms with Crippen LogP contribution in [0.2, 0.25) is 0 Å². The van der Waals surface area contributed by atoms with Gasteiger partial charge in [-0.15, -0.1) is 0 Å². The predicted octanol–water partition coefficient (Wildman–Crippen LogP) is 2.83. The van der Waals surface area contributed by atoms with Crippen molar-refractivity contribution in [3.63, 3.8) is 0 Å². The second-order valence-corrected chi connectivity index (χ2v) is 6.06. The van der Waals surface area contributed by atoms with Gasteiger partial charge in [-0.25, -0.2) is 9.37 Å². The lowest BCUT2D eigenvalue weighted by molar-refractivity contribution is 0.0998. The molecular formula is C18H15FN4O3. The summed E-state index contributed by atoms with van der Waals surface area (Å²) in [5.41, 5.74) is 8.12. The number of carbonyl (C=O) groups excluding carboxylic acids is 1. The maximum atomic E-state index is 13.0. The number of pyridine rings is 2. The maximum Gasteiger partial charge on any atom is 0.250 e. The second kappa shape index (κ2) is 6.55.